The molecule has 0 aliphatic carbocycles. The van der Waals surface area contributed by atoms with Gasteiger partial charge in [-0.05, 0) is 11.6 Å². The van der Waals surface area contributed by atoms with Gasteiger partial charge < -0.3 is 29.9 Å². The van der Waals surface area contributed by atoms with Crippen LogP contribution < -0.4 is 16.6 Å². The molecule has 0 spiro atoms. The van der Waals surface area contributed by atoms with Gasteiger partial charge in [0.1, 0.15) is 12.3 Å². The van der Waals surface area contributed by atoms with E-state index < -0.39 is 44.1 Å². The summed E-state index contributed by atoms with van der Waals surface area (Å²) >= 11 is 0. The van der Waals surface area contributed by atoms with Gasteiger partial charge in [0, 0.05) is 36.3 Å². The second-order valence-corrected chi connectivity index (χ2v) is 9.45. The molecule has 3 aromatic rings. The lowest BCUT2D eigenvalue weighted by Gasteiger charge is -2.16. The minimum Gasteiger partial charge on any atom is -0.390 e. The van der Waals surface area contributed by atoms with Crippen molar-refractivity contribution < 1.29 is 33.5 Å². The lowest BCUT2D eigenvalue weighted by molar-refractivity contribution is -0.120. The number of H-pyrrole nitrogens is 2. The number of benzene rings is 1. The zero-order chi connectivity index (χ0) is 25.9. The Labute approximate surface area is 203 Å². The predicted octanol–water partition coefficient (Wildman–Crippen LogP) is 0.148. The van der Waals surface area contributed by atoms with Gasteiger partial charge in [-0.1, -0.05) is 30.4 Å². The molecule has 36 heavy (non-hydrogen) atoms. The highest BCUT2D eigenvalue weighted by Crippen LogP contribution is 2.38. The van der Waals surface area contributed by atoms with Crippen LogP contribution in [0, 0.1) is 0 Å². The first-order valence-electron chi connectivity index (χ1n) is 11.0. The Kier molecular flexibility index (Phi) is 7.69. The van der Waals surface area contributed by atoms with Crippen molar-refractivity contribution in [1.29, 1.82) is 0 Å². The molecule has 3 atom stereocenters. The molecule has 1 aliphatic rings. The van der Waals surface area contributed by atoms with E-state index in [-0.39, 0.29) is 30.9 Å². The highest BCUT2D eigenvalue weighted by Gasteiger charge is 2.37. The number of nitrogens with one attached hydrogen (secondary N) is 3. The number of carbonyl (C=O) groups excluding carboxylic acids is 1. The number of fused-ring (bicyclic) bond motifs is 1. The molecule has 0 radical (unpaired) electrons. The fourth-order valence-corrected chi connectivity index (χ4v) is 4.25. The van der Waals surface area contributed by atoms with E-state index in [4.69, 9.17) is 14.5 Å². The Balaban J connectivity index is 1.37. The fraction of sp³-hybridized carbons (Fsp3) is 0.318. The molecule has 0 unspecified atom stereocenters. The van der Waals surface area contributed by atoms with Crippen LogP contribution in [0.15, 0.2) is 52.3 Å². The zero-order valence-corrected chi connectivity index (χ0v) is 19.8. The fourth-order valence-electron chi connectivity index (χ4n) is 3.91. The number of amides is 1. The maximum Gasteiger partial charge on any atom is 0.469 e. The van der Waals surface area contributed by atoms with Crippen molar-refractivity contribution in [3.05, 3.63) is 74.7 Å². The van der Waals surface area contributed by atoms with Gasteiger partial charge in [0.2, 0.25) is 5.91 Å². The van der Waals surface area contributed by atoms with Gasteiger partial charge in [-0.2, -0.15) is 0 Å². The minimum atomic E-state index is -4.76. The van der Waals surface area contributed by atoms with E-state index in [0.717, 1.165) is 21.0 Å². The summed E-state index contributed by atoms with van der Waals surface area (Å²) in [5, 5.41) is 13.8. The van der Waals surface area contributed by atoms with Crippen molar-refractivity contribution in [3.63, 3.8) is 0 Å². The summed E-state index contributed by atoms with van der Waals surface area (Å²) in [7, 11) is -4.76. The lowest BCUT2D eigenvalue weighted by Crippen LogP contribution is -2.33. The number of hydrogen-bond acceptors (Lipinski definition) is 7. The van der Waals surface area contributed by atoms with Crippen LogP contribution in [0.5, 0.6) is 0 Å². The van der Waals surface area contributed by atoms with Crippen molar-refractivity contribution >= 4 is 30.7 Å². The molecule has 192 valence electrons. The number of para-hydroxylation sites is 1. The van der Waals surface area contributed by atoms with E-state index in [1.807, 2.05) is 24.3 Å². The van der Waals surface area contributed by atoms with Crippen LogP contribution >= 0.6 is 7.82 Å². The molecule has 0 saturated carbocycles. The van der Waals surface area contributed by atoms with Crippen molar-refractivity contribution in [2.45, 2.75) is 31.3 Å². The summed E-state index contributed by atoms with van der Waals surface area (Å²) in [6.07, 6.45) is 2.92. The summed E-state index contributed by atoms with van der Waals surface area (Å²) in [6, 6.07) is 7.64. The standard InChI is InChI=1S/C22H25N4O9P/c27-17-9-20(35-18(17)12-34-36(31,32)33)26-11-13(21(29)25-22(26)30)4-3-7-23-19(28)8-14-10-24-16-6-2-1-5-15(14)16/h1-6,10-11,17-18,20,24,27H,7-9,12H2,(H,23,28)(H,25,29,30)(H2,31,32,33)/b4-3+/t17-,18+,20+/m0/s1. The van der Waals surface area contributed by atoms with Crippen molar-refractivity contribution in [3.8, 4) is 0 Å². The summed E-state index contributed by atoms with van der Waals surface area (Å²) in [5.74, 6) is -0.208. The maximum absolute atomic E-state index is 12.3. The second-order valence-electron chi connectivity index (χ2n) is 8.21. The van der Waals surface area contributed by atoms with Crippen molar-refractivity contribution in [1.82, 2.24) is 19.9 Å². The molecular weight excluding hydrogens is 495 g/mol. The lowest BCUT2D eigenvalue weighted by atomic mass is 10.1. The Morgan fingerprint density at radius 2 is 2.08 bits per heavy atom. The highest BCUT2D eigenvalue weighted by molar-refractivity contribution is 7.46. The summed E-state index contributed by atoms with van der Waals surface area (Å²) < 4.78 is 21.8. The van der Waals surface area contributed by atoms with Crippen LogP contribution in [-0.2, 0) is 25.0 Å². The molecule has 1 aliphatic heterocycles. The molecule has 6 N–H and O–H groups in total. The summed E-state index contributed by atoms with van der Waals surface area (Å²) in [4.78, 5) is 59.7. The SMILES string of the molecule is O=C(Cc1c[nH]c2ccccc12)NC/C=C/c1cn([C@H]2C[C@H](O)[C@@H](COP(=O)(O)O)O2)c(=O)[nH]c1=O. The first kappa shape index (κ1) is 25.8. The quantitative estimate of drug-likeness (QED) is 0.213. The number of carbonyl (C=O) groups is 1. The van der Waals surface area contributed by atoms with Crippen LogP contribution in [0.2, 0.25) is 0 Å². The number of ether oxygens (including phenoxy) is 1. The third-order valence-corrected chi connectivity index (χ3v) is 6.14. The minimum absolute atomic E-state index is 0.0613. The van der Waals surface area contributed by atoms with E-state index in [1.165, 1.54) is 12.3 Å². The molecule has 1 saturated heterocycles. The number of aromatic amines is 2. The molecule has 13 nitrogen and oxygen atoms in total. The smallest absolute Gasteiger partial charge is 0.390 e. The third-order valence-electron chi connectivity index (χ3n) is 5.66. The topological polar surface area (TPSA) is 196 Å². The molecule has 1 fully saturated rings. The van der Waals surface area contributed by atoms with Crippen LogP contribution in [0.1, 0.15) is 23.8 Å². The Hall–Kier alpha value is -3.32. The number of phosphoric ester groups is 1. The number of aliphatic hydroxyl groups excluding tert-OH is 1. The van der Waals surface area contributed by atoms with Gasteiger partial charge in [-0.25, -0.2) is 9.36 Å². The summed E-state index contributed by atoms with van der Waals surface area (Å²) in [5.41, 5.74) is 0.469. The summed E-state index contributed by atoms with van der Waals surface area (Å²) in [6.45, 7) is -0.439. The number of rotatable bonds is 9. The van der Waals surface area contributed by atoms with E-state index in [1.54, 1.807) is 12.3 Å². The third kappa shape index (κ3) is 6.26. The van der Waals surface area contributed by atoms with Gasteiger partial charge in [-0.3, -0.25) is 23.7 Å². The van der Waals surface area contributed by atoms with Crippen LogP contribution in [-0.4, -0.2) is 60.7 Å². The number of hydrogen-bond donors (Lipinski definition) is 6. The number of aliphatic hydroxyl groups is 1. The maximum atomic E-state index is 12.3. The molecule has 14 heteroatoms. The van der Waals surface area contributed by atoms with Crippen molar-refractivity contribution in [2.24, 2.45) is 0 Å². The van der Waals surface area contributed by atoms with Crippen LogP contribution in [0.3, 0.4) is 0 Å². The molecule has 1 amide bonds. The molecule has 2 aromatic heterocycles. The molecular formula is C22H25N4O9P. The van der Waals surface area contributed by atoms with Gasteiger partial charge >= 0.3 is 13.5 Å². The van der Waals surface area contributed by atoms with E-state index >= 15 is 0 Å². The second kappa shape index (κ2) is 10.7. The Morgan fingerprint density at radius 3 is 2.86 bits per heavy atom. The molecule has 0 bridgehead atoms. The normalized spacial score (nSPS) is 20.4. The van der Waals surface area contributed by atoms with Gasteiger partial charge in [-0.15, -0.1) is 0 Å². The average Bonchev–Trinajstić information content (AvgIpc) is 3.39. The van der Waals surface area contributed by atoms with Gasteiger partial charge in [0.15, 0.2) is 0 Å². The monoisotopic (exact) mass is 520 g/mol. The Morgan fingerprint density at radius 1 is 1.31 bits per heavy atom. The molecule has 3 heterocycles. The van der Waals surface area contributed by atoms with E-state index in [2.05, 4.69) is 19.8 Å². The van der Waals surface area contributed by atoms with Crippen LogP contribution in [0.4, 0.5) is 0 Å². The van der Waals surface area contributed by atoms with Crippen LogP contribution in [0.25, 0.3) is 17.0 Å². The number of aromatic nitrogens is 3. The largest absolute Gasteiger partial charge is 0.469 e. The van der Waals surface area contributed by atoms with Crippen molar-refractivity contribution in [2.75, 3.05) is 13.2 Å². The molecule has 1 aromatic carbocycles. The number of nitrogens with zero attached hydrogens (tertiary/aromatic N) is 1. The first-order valence-corrected chi connectivity index (χ1v) is 12.5. The van der Waals surface area contributed by atoms with E-state index in [0.29, 0.717) is 0 Å². The molecule has 4 rings (SSSR count). The Bertz CT molecular complexity index is 1440. The number of phosphoric acid groups is 1. The van der Waals surface area contributed by atoms with Gasteiger partial charge in [0.05, 0.1) is 24.7 Å². The van der Waals surface area contributed by atoms with E-state index in [9.17, 15) is 24.1 Å². The first-order chi connectivity index (χ1) is 17.1. The highest BCUT2D eigenvalue weighted by atomic mass is 31.2. The zero-order valence-electron chi connectivity index (χ0n) is 18.9. The average molecular weight is 520 g/mol. The van der Waals surface area contributed by atoms with Gasteiger partial charge in [0.25, 0.3) is 5.56 Å². The predicted molar refractivity (Wildman–Crippen MR) is 128 cm³/mol.